The van der Waals surface area contributed by atoms with Gasteiger partial charge in [0.05, 0.1) is 18.9 Å². The second kappa shape index (κ2) is 6.63. The van der Waals surface area contributed by atoms with Crippen molar-refractivity contribution < 1.29 is 30.9 Å². The van der Waals surface area contributed by atoms with Crippen LogP contribution < -0.4 is 4.74 Å². The molecule has 2 heterocycles. The first-order valence-electron chi connectivity index (χ1n) is 7.23. The SMILES string of the molecule is COc1ccccc1-c1nc(C(F)(F)F)nn1-c1ccc(S(=O)(=O)O)cn1. The second-order valence-electron chi connectivity index (χ2n) is 5.20. The van der Waals surface area contributed by atoms with Crippen molar-refractivity contribution in [3.8, 4) is 23.0 Å². The normalized spacial score (nSPS) is 12.2. The number of pyridine rings is 1. The lowest BCUT2D eigenvalue weighted by Gasteiger charge is -2.09. The molecule has 0 atom stereocenters. The van der Waals surface area contributed by atoms with Crippen LogP contribution in [0.1, 0.15) is 5.82 Å². The molecule has 1 N–H and O–H groups in total. The Morgan fingerprint density at radius 3 is 2.41 bits per heavy atom. The molecule has 0 fully saturated rings. The fraction of sp³-hybridized carbons (Fsp3) is 0.133. The number of hydrogen-bond acceptors (Lipinski definition) is 6. The number of ether oxygens (including phenoxy) is 1. The Morgan fingerprint density at radius 1 is 1.15 bits per heavy atom. The van der Waals surface area contributed by atoms with Crippen molar-refractivity contribution in [3.63, 3.8) is 0 Å². The van der Waals surface area contributed by atoms with Crippen LogP contribution in [0.25, 0.3) is 17.2 Å². The molecule has 0 saturated heterocycles. The molecule has 3 rings (SSSR count). The zero-order valence-electron chi connectivity index (χ0n) is 13.5. The average Bonchev–Trinajstić information content (AvgIpc) is 3.06. The van der Waals surface area contributed by atoms with Crippen molar-refractivity contribution in [2.45, 2.75) is 11.1 Å². The Labute approximate surface area is 151 Å². The van der Waals surface area contributed by atoms with Crippen LogP contribution >= 0.6 is 0 Å². The molecule has 0 aliphatic rings. The van der Waals surface area contributed by atoms with Gasteiger partial charge >= 0.3 is 6.18 Å². The van der Waals surface area contributed by atoms with Gasteiger partial charge in [0.2, 0.25) is 0 Å². The van der Waals surface area contributed by atoms with E-state index in [1.165, 1.54) is 19.2 Å². The Morgan fingerprint density at radius 2 is 1.85 bits per heavy atom. The summed E-state index contributed by atoms with van der Waals surface area (Å²) < 4.78 is 76.5. The first-order chi connectivity index (χ1) is 12.6. The third kappa shape index (κ3) is 3.75. The number of benzene rings is 1. The number of alkyl halides is 3. The molecule has 2 aromatic heterocycles. The van der Waals surface area contributed by atoms with Crippen LogP contribution in [0.3, 0.4) is 0 Å². The first kappa shape index (κ1) is 18.8. The van der Waals surface area contributed by atoms with Gasteiger partial charge in [-0.15, -0.1) is 5.10 Å². The summed E-state index contributed by atoms with van der Waals surface area (Å²) in [5, 5.41) is 3.45. The van der Waals surface area contributed by atoms with Crippen LogP contribution in [0.2, 0.25) is 0 Å². The highest BCUT2D eigenvalue weighted by Gasteiger charge is 2.38. The molecule has 0 radical (unpaired) electrons. The summed E-state index contributed by atoms with van der Waals surface area (Å²) in [6.45, 7) is 0. The van der Waals surface area contributed by atoms with Crippen molar-refractivity contribution >= 4 is 10.1 Å². The summed E-state index contributed by atoms with van der Waals surface area (Å²) in [5.74, 6) is -1.48. The summed E-state index contributed by atoms with van der Waals surface area (Å²) in [6, 6.07) is 8.32. The van der Waals surface area contributed by atoms with Crippen molar-refractivity contribution in [1.29, 1.82) is 0 Å². The van der Waals surface area contributed by atoms with Crippen molar-refractivity contribution in [3.05, 3.63) is 48.4 Å². The molecule has 0 amide bonds. The number of hydrogen-bond donors (Lipinski definition) is 1. The Hall–Kier alpha value is -2.99. The molecule has 0 spiro atoms. The van der Waals surface area contributed by atoms with E-state index in [4.69, 9.17) is 9.29 Å². The van der Waals surface area contributed by atoms with Gasteiger partial charge in [-0.1, -0.05) is 12.1 Å². The number of nitrogens with zero attached hydrogens (tertiary/aromatic N) is 4. The smallest absolute Gasteiger partial charge is 0.453 e. The topological polar surface area (TPSA) is 107 Å². The Bertz CT molecular complexity index is 1080. The lowest BCUT2D eigenvalue weighted by atomic mass is 10.2. The number of aromatic nitrogens is 4. The van der Waals surface area contributed by atoms with E-state index in [1.54, 1.807) is 12.1 Å². The van der Waals surface area contributed by atoms with Crippen molar-refractivity contribution in [2.24, 2.45) is 0 Å². The molecular weight excluding hydrogens is 389 g/mol. The highest BCUT2D eigenvalue weighted by molar-refractivity contribution is 7.85. The molecule has 0 aliphatic heterocycles. The minimum atomic E-state index is -4.81. The lowest BCUT2D eigenvalue weighted by Crippen LogP contribution is -2.09. The third-order valence-corrected chi connectivity index (χ3v) is 4.28. The zero-order chi connectivity index (χ0) is 19.8. The van der Waals surface area contributed by atoms with E-state index in [1.807, 2.05) is 0 Å². The van der Waals surface area contributed by atoms with E-state index < -0.39 is 27.0 Å². The maximum Gasteiger partial charge on any atom is 0.453 e. The Balaban J connectivity index is 2.21. The van der Waals surface area contributed by atoms with Gasteiger partial charge in [-0.05, 0) is 24.3 Å². The van der Waals surface area contributed by atoms with Crippen LogP contribution in [0, 0.1) is 0 Å². The fourth-order valence-electron chi connectivity index (χ4n) is 2.25. The summed E-state index contributed by atoms with van der Waals surface area (Å²) in [5.41, 5.74) is 0.226. The standard InChI is InChI=1S/C15H11F3N4O4S/c1-26-11-5-3-2-4-10(11)13-20-14(15(16,17)18)21-22(13)12-7-6-9(8-19-12)27(23,24)25/h2-8H,1H3,(H,23,24,25). The quantitative estimate of drug-likeness (QED) is 0.671. The molecular formula is C15H11F3N4O4S. The predicted octanol–water partition coefficient (Wildman–Crippen LogP) is 2.60. The van der Waals surface area contributed by atoms with E-state index >= 15 is 0 Å². The monoisotopic (exact) mass is 400 g/mol. The molecule has 27 heavy (non-hydrogen) atoms. The molecule has 1 aromatic carbocycles. The Kier molecular flexibility index (Phi) is 4.61. The predicted molar refractivity (Wildman–Crippen MR) is 86.0 cm³/mol. The highest BCUT2D eigenvalue weighted by Crippen LogP contribution is 2.33. The molecule has 0 aliphatic carbocycles. The van der Waals surface area contributed by atoms with Gasteiger partial charge in [-0.2, -0.15) is 26.3 Å². The largest absolute Gasteiger partial charge is 0.496 e. The number of para-hydroxylation sites is 1. The van der Waals surface area contributed by atoms with E-state index in [0.29, 0.717) is 0 Å². The average molecular weight is 400 g/mol. The third-order valence-electron chi connectivity index (χ3n) is 3.44. The molecule has 0 unspecified atom stereocenters. The van der Waals surface area contributed by atoms with Crippen LogP contribution in [-0.4, -0.2) is 39.8 Å². The summed E-state index contributed by atoms with van der Waals surface area (Å²) >= 11 is 0. The van der Waals surface area contributed by atoms with Gasteiger partial charge < -0.3 is 4.74 Å². The maximum absolute atomic E-state index is 13.1. The summed E-state index contributed by atoms with van der Waals surface area (Å²) in [6.07, 6.45) is -4.01. The number of methoxy groups -OCH3 is 1. The summed E-state index contributed by atoms with van der Waals surface area (Å²) in [4.78, 5) is 6.80. The number of halogens is 3. The van der Waals surface area contributed by atoms with Gasteiger partial charge in [-0.25, -0.2) is 9.97 Å². The molecule has 3 aromatic rings. The van der Waals surface area contributed by atoms with Crippen LogP contribution in [0.4, 0.5) is 13.2 Å². The van der Waals surface area contributed by atoms with Crippen molar-refractivity contribution in [2.75, 3.05) is 7.11 Å². The molecule has 0 bridgehead atoms. The molecule has 8 nitrogen and oxygen atoms in total. The highest BCUT2D eigenvalue weighted by atomic mass is 32.2. The summed E-state index contributed by atoms with van der Waals surface area (Å²) in [7, 11) is -3.15. The van der Waals surface area contributed by atoms with Crippen molar-refractivity contribution in [1.82, 2.24) is 19.7 Å². The zero-order valence-corrected chi connectivity index (χ0v) is 14.4. The minimum absolute atomic E-state index is 0.133. The lowest BCUT2D eigenvalue weighted by molar-refractivity contribution is -0.144. The van der Waals surface area contributed by atoms with Gasteiger partial charge in [0.1, 0.15) is 10.6 Å². The van der Waals surface area contributed by atoms with E-state index in [2.05, 4.69) is 15.1 Å². The maximum atomic E-state index is 13.1. The first-order valence-corrected chi connectivity index (χ1v) is 8.67. The molecule has 12 heteroatoms. The van der Waals surface area contributed by atoms with E-state index in [-0.39, 0.29) is 23.0 Å². The van der Waals surface area contributed by atoms with Crippen LogP contribution in [-0.2, 0) is 16.3 Å². The molecule has 0 saturated carbocycles. The van der Waals surface area contributed by atoms with Gasteiger partial charge in [-0.3, -0.25) is 4.55 Å². The van der Waals surface area contributed by atoms with Crippen LogP contribution in [0.15, 0.2) is 47.5 Å². The minimum Gasteiger partial charge on any atom is -0.496 e. The van der Waals surface area contributed by atoms with E-state index in [0.717, 1.165) is 23.0 Å². The molecule has 142 valence electrons. The number of rotatable bonds is 4. The van der Waals surface area contributed by atoms with Gasteiger partial charge in [0, 0.05) is 0 Å². The van der Waals surface area contributed by atoms with Gasteiger partial charge in [0.25, 0.3) is 15.9 Å². The fourth-order valence-corrected chi connectivity index (χ4v) is 2.67. The van der Waals surface area contributed by atoms with Gasteiger partial charge in [0.15, 0.2) is 11.6 Å². The van der Waals surface area contributed by atoms with Crippen LogP contribution in [0.5, 0.6) is 5.75 Å². The van der Waals surface area contributed by atoms with E-state index in [9.17, 15) is 21.6 Å². The second-order valence-corrected chi connectivity index (χ2v) is 6.62.